The number of ether oxygens (including phenoxy) is 1. The topological polar surface area (TPSA) is 64.4 Å². The van der Waals surface area contributed by atoms with Crippen molar-refractivity contribution in [3.63, 3.8) is 0 Å². The molecule has 8 heteroatoms. The predicted molar refractivity (Wildman–Crippen MR) is 116 cm³/mol. The largest absolute Gasteiger partial charge is 0.494 e. The molecule has 0 saturated heterocycles. The first-order chi connectivity index (χ1) is 14.4. The van der Waals surface area contributed by atoms with Gasteiger partial charge >= 0.3 is 0 Å². The van der Waals surface area contributed by atoms with Crippen LogP contribution in [-0.2, 0) is 17.9 Å². The van der Waals surface area contributed by atoms with Crippen LogP contribution in [0.4, 0.5) is 4.39 Å². The highest BCUT2D eigenvalue weighted by Gasteiger charge is 2.15. The fourth-order valence-electron chi connectivity index (χ4n) is 2.95. The molecule has 0 saturated carbocycles. The second kappa shape index (κ2) is 9.58. The van der Waals surface area contributed by atoms with Crippen molar-refractivity contribution in [2.24, 2.45) is 0 Å². The number of thioether (sulfide) groups is 1. The molecule has 30 heavy (non-hydrogen) atoms. The van der Waals surface area contributed by atoms with E-state index in [4.69, 9.17) is 4.74 Å². The molecule has 0 bridgehead atoms. The molecular formula is C22H22FN3O3S. The Bertz CT molecular complexity index is 1150. The summed E-state index contributed by atoms with van der Waals surface area (Å²) in [6.45, 7) is 4.25. The average Bonchev–Trinajstić information content (AvgIpc) is 2.74. The maximum atomic E-state index is 13.9. The van der Waals surface area contributed by atoms with Gasteiger partial charge in [-0.3, -0.25) is 14.2 Å². The van der Waals surface area contributed by atoms with E-state index in [-0.39, 0.29) is 29.5 Å². The molecule has 1 amide bonds. The molecule has 0 aliphatic heterocycles. The minimum absolute atomic E-state index is 0.0943. The smallest absolute Gasteiger partial charge is 0.262 e. The first-order valence-electron chi connectivity index (χ1n) is 9.24. The number of nitrogens with zero attached hydrogens (tertiary/aromatic N) is 3. The summed E-state index contributed by atoms with van der Waals surface area (Å²) >= 11 is 1.19. The summed E-state index contributed by atoms with van der Waals surface area (Å²) in [5.74, 6) is -0.384. The standard InChI is InChI=1S/C22H22FN3O3S/c1-4-11-26-21(28)16-7-5-6-8-18(16)24-22(26)30-14-20(27)25(2)13-15-9-10-19(29-3)17(23)12-15/h4-10,12H,1,11,13-14H2,2-3H3. The molecule has 0 fully saturated rings. The van der Waals surface area contributed by atoms with Gasteiger partial charge in [0.1, 0.15) is 0 Å². The maximum absolute atomic E-state index is 13.9. The van der Waals surface area contributed by atoms with Crippen LogP contribution in [0.3, 0.4) is 0 Å². The summed E-state index contributed by atoms with van der Waals surface area (Å²) in [7, 11) is 3.05. The molecule has 6 nitrogen and oxygen atoms in total. The Morgan fingerprint density at radius 3 is 2.80 bits per heavy atom. The van der Waals surface area contributed by atoms with E-state index in [1.807, 2.05) is 6.07 Å². The van der Waals surface area contributed by atoms with Crippen LogP contribution in [0.15, 0.2) is 65.1 Å². The van der Waals surface area contributed by atoms with Gasteiger partial charge in [0.15, 0.2) is 16.7 Å². The van der Waals surface area contributed by atoms with Gasteiger partial charge in [0.25, 0.3) is 5.56 Å². The third-order valence-corrected chi connectivity index (χ3v) is 5.49. The van der Waals surface area contributed by atoms with Crippen LogP contribution in [0, 0.1) is 5.82 Å². The number of hydrogen-bond donors (Lipinski definition) is 0. The SMILES string of the molecule is C=CCn1c(SCC(=O)N(C)Cc2ccc(OC)c(F)c2)nc2ccccc2c1=O. The van der Waals surface area contributed by atoms with E-state index in [9.17, 15) is 14.0 Å². The first kappa shape index (κ1) is 21.6. The van der Waals surface area contributed by atoms with E-state index in [0.717, 1.165) is 0 Å². The second-order valence-electron chi connectivity index (χ2n) is 6.62. The summed E-state index contributed by atoms with van der Waals surface area (Å²) in [5.41, 5.74) is 1.07. The lowest BCUT2D eigenvalue weighted by molar-refractivity contribution is -0.127. The summed E-state index contributed by atoms with van der Waals surface area (Å²) < 4.78 is 20.3. The number of hydrogen-bond acceptors (Lipinski definition) is 5. The molecule has 0 aliphatic rings. The minimum Gasteiger partial charge on any atom is -0.494 e. The van der Waals surface area contributed by atoms with Gasteiger partial charge < -0.3 is 9.64 Å². The van der Waals surface area contributed by atoms with Crippen LogP contribution in [-0.4, -0.2) is 40.3 Å². The molecular weight excluding hydrogens is 405 g/mol. The zero-order valence-corrected chi connectivity index (χ0v) is 17.6. The molecule has 0 unspecified atom stereocenters. The highest BCUT2D eigenvalue weighted by Crippen LogP contribution is 2.20. The number of fused-ring (bicyclic) bond motifs is 1. The van der Waals surface area contributed by atoms with Gasteiger partial charge in [-0.15, -0.1) is 6.58 Å². The first-order valence-corrected chi connectivity index (χ1v) is 10.2. The quantitative estimate of drug-likeness (QED) is 0.313. The van der Waals surface area contributed by atoms with Crippen molar-refractivity contribution in [3.05, 3.63) is 76.9 Å². The molecule has 0 N–H and O–H groups in total. The Hall–Kier alpha value is -3.13. The Labute approximate surface area is 178 Å². The van der Waals surface area contributed by atoms with Crippen molar-refractivity contribution in [2.75, 3.05) is 19.9 Å². The fourth-order valence-corrected chi connectivity index (χ4v) is 3.90. The van der Waals surface area contributed by atoms with Crippen LogP contribution >= 0.6 is 11.8 Å². The van der Waals surface area contributed by atoms with Crippen LogP contribution in [0.25, 0.3) is 10.9 Å². The van der Waals surface area contributed by atoms with Gasteiger partial charge in [0.05, 0.1) is 23.8 Å². The number of halogens is 1. The Balaban J connectivity index is 1.74. The Morgan fingerprint density at radius 1 is 1.33 bits per heavy atom. The van der Waals surface area contributed by atoms with Crippen LogP contribution in [0.1, 0.15) is 5.56 Å². The monoisotopic (exact) mass is 427 g/mol. The van der Waals surface area contributed by atoms with Crippen molar-refractivity contribution >= 4 is 28.6 Å². The summed E-state index contributed by atoms with van der Waals surface area (Å²) in [6.07, 6.45) is 1.62. The summed E-state index contributed by atoms with van der Waals surface area (Å²) in [4.78, 5) is 31.4. The molecule has 3 aromatic rings. The number of para-hydroxylation sites is 1. The van der Waals surface area contributed by atoms with Gasteiger partial charge in [-0.2, -0.15) is 0 Å². The lowest BCUT2D eigenvalue weighted by Gasteiger charge is -2.18. The number of methoxy groups -OCH3 is 1. The minimum atomic E-state index is -0.473. The average molecular weight is 428 g/mol. The predicted octanol–water partition coefficient (Wildman–Crippen LogP) is 3.48. The third kappa shape index (κ3) is 4.71. The Morgan fingerprint density at radius 2 is 2.10 bits per heavy atom. The number of rotatable bonds is 8. The number of carbonyl (C=O) groups excluding carboxylic acids is 1. The molecule has 1 heterocycles. The van der Waals surface area contributed by atoms with E-state index in [1.165, 1.54) is 40.5 Å². The number of allylic oxidation sites excluding steroid dienone is 1. The van der Waals surface area contributed by atoms with E-state index in [2.05, 4.69) is 11.6 Å². The van der Waals surface area contributed by atoms with Crippen molar-refractivity contribution in [1.29, 1.82) is 0 Å². The zero-order valence-electron chi connectivity index (χ0n) is 16.8. The number of aromatic nitrogens is 2. The van der Waals surface area contributed by atoms with Crippen molar-refractivity contribution < 1.29 is 13.9 Å². The van der Waals surface area contributed by atoms with Gasteiger partial charge in [-0.05, 0) is 29.8 Å². The van der Waals surface area contributed by atoms with Crippen molar-refractivity contribution in [3.8, 4) is 5.75 Å². The van der Waals surface area contributed by atoms with Crippen LogP contribution in [0.5, 0.6) is 5.75 Å². The molecule has 1 aromatic heterocycles. The number of carbonyl (C=O) groups is 1. The second-order valence-corrected chi connectivity index (χ2v) is 7.57. The highest BCUT2D eigenvalue weighted by atomic mass is 32.2. The zero-order chi connectivity index (χ0) is 21.7. The molecule has 0 aliphatic carbocycles. The molecule has 3 rings (SSSR count). The third-order valence-electron chi connectivity index (χ3n) is 4.52. The normalized spacial score (nSPS) is 10.8. The lowest BCUT2D eigenvalue weighted by Crippen LogP contribution is -2.29. The molecule has 156 valence electrons. The molecule has 0 spiro atoms. The lowest BCUT2D eigenvalue weighted by atomic mass is 10.2. The van der Waals surface area contributed by atoms with Gasteiger partial charge in [0, 0.05) is 20.1 Å². The molecule has 0 atom stereocenters. The maximum Gasteiger partial charge on any atom is 0.262 e. The van der Waals surface area contributed by atoms with Crippen LogP contribution in [0.2, 0.25) is 0 Å². The number of benzene rings is 2. The van der Waals surface area contributed by atoms with E-state index >= 15 is 0 Å². The number of amides is 1. The molecule has 2 aromatic carbocycles. The van der Waals surface area contributed by atoms with E-state index in [1.54, 1.807) is 37.4 Å². The van der Waals surface area contributed by atoms with E-state index in [0.29, 0.717) is 28.2 Å². The van der Waals surface area contributed by atoms with Crippen molar-refractivity contribution in [2.45, 2.75) is 18.2 Å². The van der Waals surface area contributed by atoms with Crippen molar-refractivity contribution in [1.82, 2.24) is 14.5 Å². The fraction of sp³-hybridized carbons (Fsp3) is 0.227. The van der Waals surface area contributed by atoms with Crippen LogP contribution < -0.4 is 10.3 Å². The molecule has 0 radical (unpaired) electrons. The van der Waals surface area contributed by atoms with Gasteiger partial charge in [-0.1, -0.05) is 36.0 Å². The van der Waals surface area contributed by atoms with Gasteiger partial charge in [0.2, 0.25) is 5.91 Å². The summed E-state index contributed by atoms with van der Waals surface area (Å²) in [6, 6.07) is 11.7. The Kier molecular flexibility index (Phi) is 6.89. The highest BCUT2D eigenvalue weighted by molar-refractivity contribution is 7.99. The summed E-state index contributed by atoms with van der Waals surface area (Å²) in [5, 5.41) is 0.976. The van der Waals surface area contributed by atoms with E-state index < -0.39 is 5.82 Å². The van der Waals surface area contributed by atoms with Gasteiger partial charge in [-0.25, -0.2) is 9.37 Å².